The standard InChI is InChI=1S/C14H18Cl2N2O3/c1-14(2,3)7-18(4)13(21)17-11-9(12(19)20)5-8(15)6-10(11)16/h5-6H,7H2,1-4H3,(H,17,21)(H,19,20). The number of halogens is 2. The van der Waals surface area contributed by atoms with Crippen molar-refractivity contribution in [1.29, 1.82) is 0 Å². The zero-order chi connectivity index (χ0) is 16.4. The van der Waals surface area contributed by atoms with Gasteiger partial charge in [-0.15, -0.1) is 0 Å². The number of carboxylic acids is 1. The number of carboxylic acid groups (broad SMARTS) is 1. The molecule has 1 aromatic rings. The quantitative estimate of drug-likeness (QED) is 0.871. The molecule has 0 aliphatic heterocycles. The van der Waals surface area contributed by atoms with Crippen LogP contribution in [-0.2, 0) is 0 Å². The SMILES string of the molecule is CN(CC(C)(C)C)C(=O)Nc1c(Cl)cc(Cl)cc1C(=O)O. The van der Waals surface area contributed by atoms with E-state index < -0.39 is 12.0 Å². The highest BCUT2D eigenvalue weighted by atomic mass is 35.5. The van der Waals surface area contributed by atoms with Gasteiger partial charge in [-0.2, -0.15) is 0 Å². The van der Waals surface area contributed by atoms with Gasteiger partial charge in [-0.3, -0.25) is 0 Å². The molecule has 116 valence electrons. The Bertz CT molecular complexity index is 568. The molecule has 0 spiro atoms. The number of urea groups is 1. The van der Waals surface area contributed by atoms with Crippen LogP contribution >= 0.6 is 23.2 Å². The smallest absolute Gasteiger partial charge is 0.337 e. The van der Waals surface area contributed by atoms with Crippen molar-refractivity contribution in [2.45, 2.75) is 20.8 Å². The van der Waals surface area contributed by atoms with E-state index in [1.165, 1.54) is 17.0 Å². The zero-order valence-corrected chi connectivity index (χ0v) is 13.8. The number of carbonyl (C=O) groups is 2. The molecule has 0 heterocycles. The van der Waals surface area contributed by atoms with Crippen molar-refractivity contribution in [3.05, 3.63) is 27.7 Å². The van der Waals surface area contributed by atoms with Crippen LogP contribution in [0.3, 0.4) is 0 Å². The molecule has 1 rings (SSSR count). The maximum atomic E-state index is 12.1. The first-order valence-electron chi connectivity index (χ1n) is 6.26. The van der Waals surface area contributed by atoms with Gasteiger partial charge in [0.05, 0.1) is 16.3 Å². The van der Waals surface area contributed by atoms with Crippen molar-refractivity contribution < 1.29 is 14.7 Å². The van der Waals surface area contributed by atoms with Crippen molar-refractivity contribution in [3.63, 3.8) is 0 Å². The average molecular weight is 333 g/mol. The van der Waals surface area contributed by atoms with Gasteiger partial charge in [-0.1, -0.05) is 44.0 Å². The van der Waals surface area contributed by atoms with Crippen molar-refractivity contribution in [1.82, 2.24) is 4.90 Å². The van der Waals surface area contributed by atoms with Gasteiger partial charge in [0.15, 0.2) is 0 Å². The van der Waals surface area contributed by atoms with Crippen LogP contribution in [0.15, 0.2) is 12.1 Å². The number of amides is 2. The molecule has 0 aliphatic carbocycles. The van der Waals surface area contributed by atoms with Crippen molar-refractivity contribution in [2.24, 2.45) is 5.41 Å². The van der Waals surface area contributed by atoms with Crippen LogP contribution in [0.2, 0.25) is 10.0 Å². The van der Waals surface area contributed by atoms with Crippen LogP contribution < -0.4 is 5.32 Å². The van der Waals surface area contributed by atoms with E-state index in [9.17, 15) is 14.7 Å². The maximum absolute atomic E-state index is 12.1. The summed E-state index contributed by atoms with van der Waals surface area (Å²) in [6, 6.07) is 2.20. The third kappa shape index (κ3) is 5.10. The van der Waals surface area contributed by atoms with E-state index in [0.29, 0.717) is 6.54 Å². The number of hydrogen-bond acceptors (Lipinski definition) is 2. The van der Waals surface area contributed by atoms with Gasteiger partial charge in [0.2, 0.25) is 0 Å². The lowest BCUT2D eigenvalue weighted by Crippen LogP contribution is -2.37. The van der Waals surface area contributed by atoms with Crippen LogP contribution in [0.5, 0.6) is 0 Å². The largest absolute Gasteiger partial charge is 0.478 e. The van der Waals surface area contributed by atoms with Gasteiger partial charge in [0.1, 0.15) is 0 Å². The molecule has 0 aliphatic rings. The normalized spacial score (nSPS) is 11.1. The number of hydrogen-bond donors (Lipinski definition) is 2. The molecule has 0 fully saturated rings. The third-order valence-electron chi connectivity index (χ3n) is 2.58. The van der Waals surface area contributed by atoms with Crippen LogP contribution in [0.25, 0.3) is 0 Å². The van der Waals surface area contributed by atoms with Crippen LogP contribution in [0.4, 0.5) is 10.5 Å². The van der Waals surface area contributed by atoms with Crippen molar-refractivity contribution in [2.75, 3.05) is 18.9 Å². The van der Waals surface area contributed by atoms with E-state index in [0.717, 1.165) is 0 Å². The Balaban J connectivity index is 3.02. The van der Waals surface area contributed by atoms with E-state index in [2.05, 4.69) is 5.32 Å². The number of nitrogens with zero attached hydrogens (tertiary/aromatic N) is 1. The lowest BCUT2D eigenvalue weighted by molar-refractivity contribution is 0.0698. The number of rotatable bonds is 3. The fourth-order valence-electron chi connectivity index (χ4n) is 1.85. The first-order chi connectivity index (χ1) is 9.51. The minimum absolute atomic E-state index is 0.0410. The maximum Gasteiger partial charge on any atom is 0.337 e. The second-order valence-corrected chi connectivity index (χ2v) is 6.81. The monoisotopic (exact) mass is 332 g/mol. The summed E-state index contributed by atoms with van der Waals surface area (Å²) >= 11 is 11.8. The predicted molar refractivity (Wildman–Crippen MR) is 84.5 cm³/mol. The summed E-state index contributed by atoms with van der Waals surface area (Å²) in [6.07, 6.45) is 0. The molecular formula is C14H18Cl2N2O3. The summed E-state index contributed by atoms with van der Waals surface area (Å²) in [6.45, 7) is 6.49. The highest BCUT2D eigenvalue weighted by Gasteiger charge is 2.21. The molecule has 0 radical (unpaired) electrons. The fourth-order valence-corrected chi connectivity index (χ4v) is 2.40. The molecule has 21 heavy (non-hydrogen) atoms. The van der Waals surface area contributed by atoms with E-state index in [4.69, 9.17) is 23.2 Å². The van der Waals surface area contributed by atoms with E-state index in [1.807, 2.05) is 20.8 Å². The average Bonchev–Trinajstić information content (AvgIpc) is 2.29. The minimum atomic E-state index is -1.21. The van der Waals surface area contributed by atoms with Gasteiger partial charge in [0, 0.05) is 18.6 Å². The lowest BCUT2D eigenvalue weighted by Gasteiger charge is -2.27. The zero-order valence-electron chi connectivity index (χ0n) is 12.3. The Morgan fingerprint density at radius 2 is 1.86 bits per heavy atom. The Morgan fingerprint density at radius 1 is 1.29 bits per heavy atom. The molecule has 0 saturated carbocycles. The minimum Gasteiger partial charge on any atom is -0.478 e. The number of carbonyl (C=O) groups excluding carboxylic acids is 1. The summed E-state index contributed by atoms with van der Waals surface area (Å²) in [4.78, 5) is 24.8. The first kappa shape index (κ1) is 17.6. The van der Waals surface area contributed by atoms with E-state index in [1.54, 1.807) is 7.05 Å². The summed E-state index contributed by atoms with van der Waals surface area (Å²) in [5, 5.41) is 12.0. The molecule has 0 aromatic heterocycles. The Kier molecular flexibility index (Phi) is 5.48. The van der Waals surface area contributed by atoms with Gasteiger partial charge in [0.25, 0.3) is 0 Å². The van der Waals surface area contributed by atoms with Gasteiger partial charge < -0.3 is 15.3 Å². The van der Waals surface area contributed by atoms with E-state index >= 15 is 0 Å². The highest BCUT2D eigenvalue weighted by Crippen LogP contribution is 2.30. The molecular weight excluding hydrogens is 315 g/mol. The summed E-state index contributed by atoms with van der Waals surface area (Å²) < 4.78 is 0. The highest BCUT2D eigenvalue weighted by molar-refractivity contribution is 6.37. The van der Waals surface area contributed by atoms with Crippen LogP contribution in [0, 0.1) is 5.41 Å². The Morgan fingerprint density at radius 3 is 2.33 bits per heavy atom. The van der Waals surface area contributed by atoms with Gasteiger partial charge in [-0.25, -0.2) is 9.59 Å². The fraction of sp³-hybridized carbons (Fsp3) is 0.429. The molecule has 5 nitrogen and oxygen atoms in total. The first-order valence-corrected chi connectivity index (χ1v) is 7.01. The lowest BCUT2D eigenvalue weighted by atomic mass is 9.96. The molecule has 1 aromatic carbocycles. The number of anilines is 1. The molecule has 7 heteroatoms. The summed E-state index contributed by atoms with van der Waals surface area (Å²) in [5.74, 6) is -1.21. The summed E-state index contributed by atoms with van der Waals surface area (Å²) in [5.41, 5.74) is -0.185. The van der Waals surface area contributed by atoms with Gasteiger partial charge >= 0.3 is 12.0 Å². The molecule has 2 N–H and O–H groups in total. The Hall–Kier alpha value is -1.46. The second kappa shape index (κ2) is 6.54. The number of benzene rings is 1. The van der Waals surface area contributed by atoms with Crippen molar-refractivity contribution >= 4 is 40.9 Å². The second-order valence-electron chi connectivity index (χ2n) is 5.96. The van der Waals surface area contributed by atoms with Gasteiger partial charge in [-0.05, 0) is 17.5 Å². The topological polar surface area (TPSA) is 69.6 Å². The number of aromatic carboxylic acids is 1. The molecule has 0 unspecified atom stereocenters. The molecule has 0 saturated heterocycles. The Labute approximate surface area is 133 Å². The van der Waals surface area contributed by atoms with Crippen LogP contribution in [-0.4, -0.2) is 35.6 Å². The predicted octanol–water partition coefficient (Wildman–Crippen LogP) is 4.20. The number of nitrogens with one attached hydrogen (secondary N) is 1. The van der Waals surface area contributed by atoms with Crippen molar-refractivity contribution in [3.8, 4) is 0 Å². The molecule has 0 atom stereocenters. The molecule has 2 amide bonds. The molecule has 0 bridgehead atoms. The van der Waals surface area contributed by atoms with Crippen LogP contribution in [0.1, 0.15) is 31.1 Å². The summed E-state index contributed by atoms with van der Waals surface area (Å²) in [7, 11) is 1.63. The third-order valence-corrected chi connectivity index (χ3v) is 3.09. The van der Waals surface area contributed by atoms with E-state index in [-0.39, 0.29) is 26.7 Å².